The zero-order valence-electron chi connectivity index (χ0n) is 17.1. The Morgan fingerprint density at radius 3 is 2.62 bits per heavy atom. The van der Waals surface area contributed by atoms with E-state index in [1.165, 1.54) is 12.5 Å². The lowest BCUT2D eigenvalue weighted by Crippen LogP contribution is -2.56. The number of carbonyl (C=O) groups excluding carboxylic acids is 1. The first kappa shape index (κ1) is 18.9. The number of hydrogen-bond acceptors (Lipinski definition) is 5. The third-order valence-electron chi connectivity index (χ3n) is 7.58. The van der Waals surface area contributed by atoms with Crippen molar-refractivity contribution in [2.24, 2.45) is 17.3 Å². The Bertz CT molecular complexity index is 1040. The largest absolute Gasteiger partial charge is 0.461 e. The molecule has 1 aromatic heterocycles. The van der Waals surface area contributed by atoms with Gasteiger partial charge in [0.25, 0.3) is 0 Å². The fraction of sp³-hybridized carbons (Fsp3) is 0.583. The molecule has 6 rings (SSSR count). The molecule has 29 heavy (non-hydrogen) atoms. The molecule has 5 heteroatoms. The minimum Gasteiger partial charge on any atom is -0.461 e. The molecule has 1 N–H and O–H groups in total. The molecule has 2 atom stereocenters. The van der Waals surface area contributed by atoms with E-state index < -0.39 is 11.2 Å². The topological polar surface area (TPSA) is 76.7 Å². The normalized spacial score (nSPS) is 32.7. The molecule has 4 aliphatic rings. The van der Waals surface area contributed by atoms with Gasteiger partial charge in [0.05, 0.1) is 12.0 Å². The van der Waals surface area contributed by atoms with Gasteiger partial charge in [0.2, 0.25) is 0 Å². The molecule has 0 saturated heterocycles. The Labute approximate surface area is 170 Å². The van der Waals surface area contributed by atoms with E-state index in [1.807, 2.05) is 26.0 Å². The van der Waals surface area contributed by atoms with Crippen LogP contribution in [0.15, 0.2) is 27.4 Å². The lowest BCUT2D eigenvalue weighted by molar-refractivity contribution is -0.177. The highest BCUT2D eigenvalue weighted by Crippen LogP contribution is 2.62. The van der Waals surface area contributed by atoms with Gasteiger partial charge in [0, 0.05) is 17.0 Å². The Morgan fingerprint density at radius 2 is 1.93 bits per heavy atom. The summed E-state index contributed by atoms with van der Waals surface area (Å²) in [6.07, 6.45) is 6.12. The molecule has 4 aliphatic carbocycles. The maximum Gasteiger partial charge on any atom is 0.336 e. The minimum atomic E-state index is -0.575. The van der Waals surface area contributed by atoms with Gasteiger partial charge in [0.1, 0.15) is 12.2 Å². The van der Waals surface area contributed by atoms with Gasteiger partial charge >= 0.3 is 11.6 Å². The Hall–Kier alpha value is -2.14. The summed E-state index contributed by atoms with van der Waals surface area (Å²) in [4.78, 5) is 24.8. The number of esters is 1. The number of benzene rings is 1. The summed E-state index contributed by atoms with van der Waals surface area (Å²) >= 11 is 0. The molecule has 0 aliphatic heterocycles. The third-order valence-corrected chi connectivity index (χ3v) is 7.58. The summed E-state index contributed by atoms with van der Waals surface area (Å²) < 4.78 is 11.0. The molecule has 154 valence electrons. The Morgan fingerprint density at radius 1 is 1.21 bits per heavy atom. The Balaban J connectivity index is 1.33. The van der Waals surface area contributed by atoms with Crippen LogP contribution in [0.25, 0.3) is 11.0 Å². The molecular weight excluding hydrogens is 368 g/mol. The van der Waals surface area contributed by atoms with Crippen LogP contribution in [-0.2, 0) is 16.1 Å². The van der Waals surface area contributed by atoms with Gasteiger partial charge in [-0.1, -0.05) is 12.1 Å². The highest BCUT2D eigenvalue weighted by atomic mass is 16.5. The summed E-state index contributed by atoms with van der Waals surface area (Å²) in [7, 11) is 0. The molecule has 4 bridgehead atoms. The number of hydrogen-bond donors (Lipinski definition) is 1. The molecular formula is C24H28O5. The zero-order valence-corrected chi connectivity index (χ0v) is 17.1. The summed E-state index contributed by atoms with van der Waals surface area (Å²) in [5, 5.41) is 11.7. The summed E-state index contributed by atoms with van der Waals surface area (Å²) in [6.45, 7) is 3.96. The number of fused-ring (bicyclic) bond motifs is 1. The van der Waals surface area contributed by atoms with Crippen LogP contribution in [0.2, 0.25) is 0 Å². The average molecular weight is 396 g/mol. The molecule has 5 nitrogen and oxygen atoms in total. The first-order chi connectivity index (χ1) is 13.7. The molecule has 4 fully saturated rings. The number of aryl methyl sites for hydroxylation is 2. The fourth-order valence-electron chi connectivity index (χ4n) is 6.77. The molecule has 1 aromatic carbocycles. The van der Waals surface area contributed by atoms with E-state index in [4.69, 9.17) is 9.15 Å². The van der Waals surface area contributed by atoms with Crippen molar-refractivity contribution in [3.63, 3.8) is 0 Å². The van der Waals surface area contributed by atoms with Crippen LogP contribution in [-0.4, -0.2) is 16.7 Å². The number of carbonyl (C=O) groups is 1. The summed E-state index contributed by atoms with van der Waals surface area (Å²) in [5.74, 6) is 0.853. The number of rotatable bonds is 4. The summed E-state index contributed by atoms with van der Waals surface area (Å²) in [5.41, 5.74) is 2.10. The number of aliphatic hydroxyl groups is 1. The van der Waals surface area contributed by atoms with E-state index in [0.717, 1.165) is 48.6 Å². The van der Waals surface area contributed by atoms with Crippen molar-refractivity contribution in [3.8, 4) is 0 Å². The first-order valence-electron chi connectivity index (χ1n) is 10.7. The van der Waals surface area contributed by atoms with Crippen LogP contribution >= 0.6 is 0 Å². The van der Waals surface area contributed by atoms with E-state index >= 15 is 0 Å². The van der Waals surface area contributed by atoms with E-state index in [-0.39, 0.29) is 18.0 Å². The van der Waals surface area contributed by atoms with Crippen LogP contribution in [0.3, 0.4) is 0 Å². The van der Waals surface area contributed by atoms with Gasteiger partial charge in [-0.3, -0.25) is 4.79 Å². The van der Waals surface area contributed by atoms with Crippen LogP contribution in [0.5, 0.6) is 0 Å². The zero-order chi connectivity index (χ0) is 20.4. The van der Waals surface area contributed by atoms with Crippen molar-refractivity contribution in [2.45, 2.75) is 71.0 Å². The van der Waals surface area contributed by atoms with Crippen molar-refractivity contribution < 1.29 is 19.1 Å². The van der Waals surface area contributed by atoms with Crippen molar-refractivity contribution in [1.29, 1.82) is 0 Å². The second kappa shape index (κ2) is 6.43. The van der Waals surface area contributed by atoms with E-state index in [0.29, 0.717) is 29.4 Å². The van der Waals surface area contributed by atoms with E-state index in [9.17, 15) is 14.7 Å². The van der Waals surface area contributed by atoms with Gasteiger partial charge in [0.15, 0.2) is 0 Å². The first-order valence-corrected chi connectivity index (χ1v) is 10.7. The standard InChI is InChI=1S/C24H28O5/c1-14-3-4-19-18(6-20(25)29-22(19)15(14)2)12-28-21(26)11-23-7-16-5-17(8-23)10-24(27,9-16)13-23/h3-4,6,16-17,27H,5,7-13H2,1-2H3. The second-order valence-corrected chi connectivity index (χ2v) is 10.00. The molecule has 0 radical (unpaired) electrons. The van der Waals surface area contributed by atoms with Crippen molar-refractivity contribution in [2.75, 3.05) is 0 Å². The molecule has 0 spiro atoms. The smallest absolute Gasteiger partial charge is 0.336 e. The van der Waals surface area contributed by atoms with Gasteiger partial charge in [-0.25, -0.2) is 4.79 Å². The second-order valence-electron chi connectivity index (χ2n) is 10.00. The highest BCUT2D eigenvalue weighted by molar-refractivity contribution is 5.84. The third kappa shape index (κ3) is 3.29. The monoisotopic (exact) mass is 396 g/mol. The lowest BCUT2D eigenvalue weighted by atomic mass is 9.47. The maximum absolute atomic E-state index is 12.7. The van der Waals surface area contributed by atoms with Crippen molar-refractivity contribution in [3.05, 3.63) is 45.3 Å². The van der Waals surface area contributed by atoms with Crippen molar-refractivity contribution >= 4 is 16.9 Å². The Kier molecular flexibility index (Phi) is 4.18. The number of ether oxygens (including phenoxy) is 1. The van der Waals surface area contributed by atoms with Crippen LogP contribution in [0.1, 0.15) is 61.6 Å². The predicted octanol–water partition coefficient (Wildman–Crippen LogP) is 4.17. The maximum atomic E-state index is 12.7. The SMILES string of the molecule is Cc1ccc2c(COC(=O)CC34CC5CC(CC(O)(C5)C3)C4)cc(=O)oc2c1C. The van der Waals surface area contributed by atoms with Gasteiger partial charge in [-0.2, -0.15) is 0 Å². The van der Waals surface area contributed by atoms with Gasteiger partial charge in [-0.15, -0.1) is 0 Å². The lowest BCUT2D eigenvalue weighted by Gasteiger charge is -2.60. The summed E-state index contributed by atoms with van der Waals surface area (Å²) in [6, 6.07) is 5.31. The van der Waals surface area contributed by atoms with Gasteiger partial charge in [-0.05, 0) is 80.8 Å². The predicted molar refractivity (Wildman–Crippen MR) is 108 cm³/mol. The quantitative estimate of drug-likeness (QED) is 0.620. The van der Waals surface area contributed by atoms with Crippen molar-refractivity contribution in [1.82, 2.24) is 0 Å². The minimum absolute atomic E-state index is 0.0661. The molecule has 1 heterocycles. The van der Waals surface area contributed by atoms with Crippen LogP contribution < -0.4 is 5.63 Å². The fourth-order valence-corrected chi connectivity index (χ4v) is 6.77. The van der Waals surface area contributed by atoms with E-state index in [2.05, 4.69) is 0 Å². The molecule has 2 unspecified atom stereocenters. The van der Waals surface area contributed by atoms with E-state index in [1.54, 1.807) is 0 Å². The molecule has 4 saturated carbocycles. The average Bonchev–Trinajstić information content (AvgIpc) is 2.60. The van der Waals surface area contributed by atoms with Gasteiger partial charge < -0.3 is 14.3 Å². The molecule has 2 aromatic rings. The van der Waals surface area contributed by atoms with Crippen LogP contribution in [0.4, 0.5) is 0 Å². The highest BCUT2D eigenvalue weighted by Gasteiger charge is 2.57. The van der Waals surface area contributed by atoms with Crippen LogP contribution in [0, 0.1) is 31.1 Å². The molecule has 0 amide bonds.